The summed E-state index contributed by atoms with van der Waals surface area (Å²) in [6.45, 7) is 2.63. The molecule has 1 amide bonds. The molecule has 0 unspecified atom stereocenters. The van der Waals surface area contributed by atoms with Crippen LogP contribution in [0.1, 0.15) is 32.6 Å². The van der Waals surface area contributed by atoms with Crippen molar-refractivity contribution in [3.63, 3.8) is 0 Å². The van der Waals surface area contributed by atoms with Crippen molar-refractivity contribution in [1.82, 2.24) is 4.72 Å². The minimum atomic E-state index is -0.468. The Bertz CT molecular complexity index is 114. The summed E-state index contributed by atoms with van der Waals surface area (Å²) in [7, 11) is 0. The van der Waals surface area contributed by atoms with E-state index < -0.39 is 6.09 Å². The van der Waals surface area contributed by atoms with E-state index in [0.29, 0.717) is 6.61 Å². The molecular formula is C7H16NNaO2S. The molecule has 0 bridgehead atoms. The molecule has 0 rings (SSSR count). The topological polar surface area (TPSA) is 38.3 Å². The van der Waals surface area contributed by atoms with E-state index in [1.807, 2.05) is 0 Å². The Kier molecular flexibility index (Phi) is 14.6. The fraction of sp³-hybridized carbons (Fsp3) is 0.857. The van der Waals surface area contributed by atoms with Gasteiger partial charge in [-0.15, -0.1) is 0 Å². The Morgan fingerprint density at radius 3 is 2.58 bits per heavy atom. The van der Waals surface area contributed by atoms with Crippen molar-refractivity contribution >= 4 is 48.5 Å². The average Bonchev–Trinajstić information content (AvgIpc) is 2.04. The second-order valence-corrected chi connectivity index (χ2v) is 2.53. The van der Waals surface area contributed by atoms with Crippen molar-refractivity contribution in [1.29, 1.82) is 0 Å². The molecule has 0 saturated carbocycles. The van der Waals surface area contributed by atoms with Crippen LogP contribution in [0, 0.1) is 0 Å². The van der Waals surface area contributed by atoms with E-state index in [-0.39, 0.29) is 29.6 Å². The van der Waals surface area contributed by atoms with Gasteiger partial charge >= 0.3 is 35.7 Å². The average molecular weight is 201 g/mol. The molecular weight excluding hydrogens is 185 g/mol. The van der Waals surface area contributed by atoms with Gasteiger partial charge in [-0.2, -0.15) is 0 Å². The molecule has 68 valence electrons. The van der Waals surface area contributed by atoms with Crippen molar-refractivity contribution in [2.45, 2.75) is 32.6 Å². The van der Waals surface area contributed by atoms with Gasteiger partial charge in [0.05, 0.1) is 6.61 Å². The monoisotopic (exact) mass is 201 g/mol. The van der Waals surface area contributed by atoms with Crippen LogP contribution in [0.2, 0.25) is 0 Å². The molecule has 0 radical (unpaired) electrons. The van der Waals surface area contributed by atoms with Gasteiger partial charge in [-0.05, 0) is 6.42 Å². The first-order valence-corrected chi connectivity index (χ1v) is 4.32. The number of hydrogen-bond acceptors (Lipinski definition) is 3. The number of thiol groups is 1. The van der Waals surface area contributed by atoms with Crippen LogP contribution >= 0.6 is 12.8 Å². The number of nitrogens with one attached hydrogen (secondary N) is 1. The predicted octanol–water partition coefficient (Wildman–Crippen LogP) is 1.49. The zero-order valence-corrected chi connectivity index (χ0v) is 7.69. The Morgan fingerprint density at radius 1 is 1.42 bits per heavy atom. The number of carbonyl (C=O) groups excluding carboxylic acids is 1. The van der Waals surface area contributed by atoms with Gasteiger partial charge < -0.3 is 4.74 Å². The first kappa shape index (κ1) is 15.1. The first-order valence-electron chi connectivity index (χ1n) is 3.88. The molecule has 0 aliphatic rings. The van der Waals surface area contributed by atoms with Crippen LogP contribution in [0.25, 0.3) is 0 Å². The first-order chi connectivity index (χ1) is 5.31. The Balaban J connectivity index is 0. The molecule has 5 heteroatoms. The maximum atomic E-state index is 10.4. The number of rotatable bonds is 5. The SMILES string of the molecule is CCCCCCOC(=O)NS.[NaH]. The molecule has 0 aromatic heterocycles. The molecule has 0 saturated heterocycles. The van der Waals surface area contributed by atoms with Gasteiger partial charge in [-0.25, -0.2) is 4.79 Å². The quantitative estimate of drug-likeness (QED) is 0.402. The van der Waals surface area contributed by atoms with Crippen LogP contribution in [0.3, 0.4) is 0 Å². The summed E-state index contributed by atoms with van der Waals surface area (Å²) in [5.74, 6) is 0. The van der Waals surface area contributed by atoms with Crippen LogP contribution in [-0.2, 0) is 4.74 Å². The fourth-order valence-electron chi connectivity index (χ4n) is 0.726. The van der Waals surface area contributed by atoms with E-state index in [4.69, 9.17) is 4.74 Å². The molecule has 0 heterocycles. The summed E-state index contributed by atoms with van der Waals surface area (Å²) >= 11 is 3.53. The second-order valence-electron chi connectivity index (χ2n) is 2.31. The summed E-state index contributed by atoms with van der Waals surface area (Å²) in [6.07, 6.45) is 3.99. The Labute approximate surface area is 101 Å². The summed E-state index contributed by atoms with van der Waals surface area (Å²) in [4.78, 5) is 10.4. The summed E-state index contributed by atoms with van der Waals surface area (Å²) in [5.41, 5.74) is 0. The molecule has 0 aromatic rings. The van der Waals surface area contributed by atoms with Crippen LogP contribution in [0.4, 0.5) is 4.79 Å². The Morgan fingerprint density at radius 2 is 2.08 bits per heavy atom. The summed E-state index contributed by atoms with van der Waals surface area (Å²) < 4.78 is 6.80. The summed E-state index contributed by atoms with van der Waals surface area (Å²) in [6, 6.07) is 0. The van der Waals surface area contributed by atoms with E-state index in [1.54, 1.807) is 0 Å². The number of hydrogen-bond donors (Lipinski definition) is 2. The van der Waals surface area contributed by atoms with Crippen molar-refractivity contribution in [3.8, 4) is 0 Å². The third-order valence-corrected chi connectivity index (χ3v) is 1.50. The van der Waals surface area contributed by atoms with Crippen molar-refractivity contribution in [2.75, 3.05) is 6.61 Å². The van der Waals surface area contributed by atoms with E-state index in [9.17, 15) is 4.79 Å². The molecule has 0 aliphatic heterocycles. The van der Waals surface area contributed by atoms with E-state index in [2.05, 4.69) is 24.5 Å². The number of carbonyl (C=O) groups is 1. The zero-order chi connectivity index (χ0) is 8.53. The van der Waals surface area contributed by atoms with Crippen LogP contribution in [0.15, 0.2) is 0 Å². The van der Waals surface area contributed by atoms with Gasteiger partial charge in [-0.3, -0.25) is 4.72 Å². The number of amides is 1. The van der Waals surface area contributed by atoms with E-state index in [1.165, 1.54) is 12.8 Å². The van der Waals surface area contributed by atoms with Gasteiger partial charge in [0, 0.05) is 0 Å². The van der Waals surface area contributed by atoms with Gasteiger partial charge in [0.25, 0.3) is 0 Å². The molecule has 0 aliphatic carbocycles. The standard InChI is InChI=1S/C7H15NO2S.Na.H/c1-2-3-4-5-6-10-7(9)8-11;;/h11H,2-6H2,1H3,(H,8,9);;. The normalized spacial score (nSPS) is 8.50. The van der Waals surface area contributed by atoms with Gasteiger partial charge in [0.2, 0.25) is 0 Å². The summed E-state index contributed by atoms with van der Waals surface area (Å²) in [5, 5.41) is 0. The van der Waals surface area contributed by atoms with E-state index in [0.717, 1.165) is 12.8 Å². The number of ether oxygens (including phenoxy) is 1. The third-order valence-electron chi connectivity index (χ3n) is 1.32. The Hall–Kier alpha value is 0.620. The van der Waals surface area contributed by atoms with Gasteiger partial charge in [0.15, 0.2) is 0 Å². The minimum absolute atomic E-state index is 0. The van der Waals surface area contributed by atoms with Crippen LogP contribution < -0.4 is 4.72 Å². The molecule has 1 N–H and O–H groups in total. The second kappa shape index (κ2) is 11.6. The fourth-order valence-corrected chi connectivity index (χ4v) is 0.791. The van der Waals surface area contributed by atoms with Gasteiger partial charge in [0.1, 0.15) is 0 Å². The van der Waals surface area contributed by atoms with Crippen molar-refractivity contribution in [2.24, 2.45) is 0 Å². The van der Waals surface area contributed by atoms with Crippen LogP contribution in [0.5, 0.6) is 0 Å². The van der Waals surface area contributed by atoms with E-state index >= 15 is 0 Å². The zero-order valence-electron chi connectivity index (χ0n) is 6.80. The number of unbranched alkanes of at least 4 members (excludes halogenated alkanes) is 3. The molecule has 0 fully saturated rings. The van der Waals surface area contributed by atoms with Crippen LogP contribution in [-0.4, -0.2) is 42.3 Å². The molecule has 0 spiro atoms. The van der Waals surface area contributed by atoms with Crippen molar-refractivity contribution < 1.29 is 9.53 Å². The third kappa shape index (κ3) is 10.6. The molecule has 12 heavy (non-hydrogen) atoms. The molecule has 3 nitrogen and oxygen atoms in total. The van der Waals surface area contributed by atoms with Crippen molar-refractivity contribution in [3.05, 3.63) is 0 Å². The maximum absolute atomic E-state index is 10.4. The predicted molar refractivity (Wildman–Crippen MR) is 54.8 cm³/mol. The molecule has 0 atom stereocenters. The van der Waals surface area contributed by atoms with Gasteiger partial charge in [-0.1, -0.05) is 39.0 Å². The molecule has 0 aromatic carbocycles.